The predicted molar refractivity (Wildman–Crippen MR) is 107 cm³/mol. The van der Waals surface area contributed by atoms with Gasteiger partial charge >= 0.3 is 0 Å². The molecule has 0 spiro atoms. The summed E-state index contributed by atoms with van der Waals surface area (Å²) in [4.78, 5) is 22.1. The number of nitrogens with zero attached hydrogens (tertiary/aromatic N) is 2. The number of nitrogens with one attached hydrogen (secondary N) is 1. The molecule has 6 heteroatoms. The summed E-state index contributed by atoms with van der Waals surface area (Å²) in [6, 6.07) is 13.8. The fourth-order valence-corrected chi connectivity index (χ4v) is 3.94. The summed E-state index contributed by atoms with van der Waals surface area (Å²) in [6.07, 6.45) is 6.32. The molecule has 4 rings (SSSR count). The molecule has 1 N–H and O–H groups in total. The first-order chi connectivity index (χ1) is 13.3. The summed E-state index contributed by atoms with van der Waals surface area (Å²) in [7, 11) is 0. The van der Waals surface area contributed by atoms with E-state index in [0.717, 1.165) is 29.0 Å². The molecule has 0 unspecified atom stereocenters. The third-order valence-electron chi connectivity index (χ3n) is 4.63. The SMILES string of the molecule is O=C(COc1ccc(-c2nccc(-c3cccs3)n2)cc1)NC1CCCC1. The fourth-order valence-electron chi connectivity index (χ4n) is 3.25. The maximum absolute atomic E-state index is 12.0. The molecule has 0 bridgehead atoms. The molecule has 1 fully saturated rings. The standard InChI is InChI=1S/C21H21N3O2S/c25-20(23-16-4-1-2-5-16)14-26-17-9-7-15(8-10-17)21-22-12-11-18(24-21)19-6-3-13-27-19/h3,6-13,16H,1-2,4-5,14H2,(H,23,25). The van der Waals surface area contributed by atoms with Gasteiger partial charge in [-0.2, -0.15) is 0 Å². The van der Waals surface area contributed by atoms with Gasteiger partial charge in [-0.25, -0.2) is 9.97 Å². The number of rotatable bonds is 6. The fraction of sp³-hybridized carbons (Fsp3) is 0.286. The van der Waals surface area contributed by atoms with Crippen LogP contribution in [0.2, 0.25) is 0 Å². The van der Waals surface area contributed by atoms with Crippen LogP contribution in [-0.4, -0.2) is 28.5 Å². The van der Waals surface area contributed by atoms with Crippen molar-refractivity contribution in [1.29, 1.82) is 0 Å². The van der Waals surface area contributed by atoms with E-state index in [-0.39, 0.29) is 12.5 Å². The summed E-state index contributed by atoms with van der Waals surface area (Å²) in [5.41, 5.74) is 1.83. The van der Waals surface area contributed by atoms with Crippen molar-refractivity contribution in [1.82, 2.24) is 15.3 Å². The first-order valence-electron chi connectivity index (χ1n) is 9.17. The van der Waals surface area contributed by atoms with Gasteiger partial charge in [0.1, 0.15) is 5.75 Å². The highest BCUT2D eigenvalue weighted by molar-refractivity contribution is 7.13. The largest absolute Gasteiger partial charge is 0.484 e. The van der Waals surface area contributed by atoms with E-state index >= 15 is 0 Å². The highest BCUT2D eigenvalue weighted by atomic mass is 32.1. The van der Waals surface area contributed by atoms with Gasteiger partial charge in [-0.15, -0.1) is 11.3 Å². The van der Waals surface area contributed by atoms with Crippen molar-refractivity contribution in [2.24, 2.45) is 0 Å². The van der Waals surface area contributed by atoms with Gasteiger partial charge in [0.2, 0.25) is 0 Å². The molecule has 2 heterocycles. The molecule has 3 aromatic rings. The number of hydrogen-bond acceptors (Lipinski definition) is 5. The topological polar surface area (TPSA) is 64.1 Å². The Hall–Kier alpha value is -2.73. The number of thiophene rings is 1. The van der Waals surface area contributed by atoms with E-state index in [1.165, 1.54) is 12.8 Å². The highest BCUT2D eigenvalue weighted by Gasteiger charge is 2.17. The normalized spacial score (nSPS) is 14.2. The Morgan fingerprint density at radius 2 is 1.96 bits per heavy atom. The van der Waals surface area contributed by atoms with Crippen LogP contribution in [-0.2, 0) is 4.79 Å². The molecule has 1 aliphatic carbocycles. The van der Waals surface area contributed by atoms with E-state index in [4.69, 9.17) is 4.74 Å². The summed E-state index contributed by atoms with van der Waals surface area (Å²) in [5.74, 6) is 1.28. The predicted octanol–water partition coefficient (Wildman–Crippen LogP) is 4.31. The zero-order valence-electron chi connectivity index (χ0n) is 14.9. The zero-order valence-corrected chi connectivity index (χ0v) is 15.7. The molecule has 0 aliphatic heterocycles. The first kappa shape index (κ1) is 17.7. The summed E-state index contributed by atoms with van der Waals surface area (Å²) in [6.45, 7) is 0.0419. The minimum Gasteiger partial charge on any atom is -0.484 e. The van der Waals surface area contributed by atoms with Crippen LogP contribution in [0.25, 0.3) is 22.0 Å². The van der Waals surface area contributed by atoms with Crippen LogP contribution in [0.3, 0.4) is 0 Å². The Kier molecular flexibility index (Phi) is 5.44. The van der Waals surface area contributed by atoms with Crippen molar-refractivity contribution in [3.63, 3.8) is 0 Å². The van der Waals surface area contributed by atoms with Crippen LogP contribution in [0.1, 0.15) is 25.7 Å². The monoisotopic (exact) mass is 379 g/mol. The maximum Gasteiger partial charge on any atom is 0.258 e. The first-order valence-corrected chi connectivity index (χ1v) is 10.1. The Morgan fingerprint density at radius 1 is 1.15 bits per heavy atom. The number of carbonyl (C=O) groups is 1. The average Bonchev–Trinajstić information content (AvgIpc) is 3.41. The van der Waals surface area contributed by atoms with Gasteiger partial charge in [-0.05, 0) is 54.6 Å². The quantitative estimate of drug-likeness (QED) is 0.693. The molecular formula is C21H21N3O2S. The molecular weight excluding hydrogens is 358 g/mol. The lowest BCUT2D eigenvalue weighted by Crippen LogP contribution is -2.36. The lowest BCUT2D eigenvalue weighted by atomic mass is 10.2. The minimum atomic E-state index is -0.0574. The van der Waals surface area contributed by atoms with E-state index in [0.29, 0.717) is 17.6 Å². The molecule has 27 heavy (non-hydrogen) atoms. The van der Waals surface area contributed by atoms with Gasteiger partial charge < -0.3 is 10.1 Å². The van der Waals surface area contributed by atoms with Crippen molar-refractivity contribution < 1.29 is 9.53 Å². The summed E-state index contributed by atoms with van der Waals surface area (Å²) in [5, 5.41) is 5.06. The summed E-state index contributed by atoms with van der Waals surface area (Å²) >= 11 is 1.65. The number of aromatic nitrogens is 2. The van der Waals surface area contributed by atoms with Crippen LogP contribution < -0.4 is 10.1 Å². The van der Waals surface area contributed by atoms with Crippen molar-refractivity contribution in [2.75, 3.05) is 6.61 Å². The molecule has 138 valence electrons. The van der Waals surface area contributed by atoms with Crippen molar-refractivity contribution in [2.45, 2.75) is 31.7 Å². The molecule has 1 aliphatic rings. The Bertz CT molecular complexity index is 888. The van der Waals surface area contributed by atoms with E-state index in [1.807, 2.05) is 47.8 Å². The number of benzene rings is 1. The lowest BCUT2D eigenvalue weighted by Gasteiger charge is -2.12. The van der Waals surface area contributed by atoms with Gasteiger partial charge in [0.25, 0.3) is 5.91 Å². The zero-order chi connectivity index (χ0) is 18.5. The third kappa shape index (κ3) is 4.52. The molecule has 1 saturated carbocycles. The van der Waals surface area contributed by atoms with Crippen molar-refractivity contribution in [3.8, 4) is 27.7 Å². The van der Waals surface area contributed by atoms with Gasteiger partial charge in [0.15, 0.2) is 12.4 Å². The van der Waals surface area contributed by atoms with Gasteiger partial charge in [0, 0.05) is 17.8 Å². The number of hydrogen-bond donors (Lipinski definition) is 1. The van der Waals surface area contributed by atoms with Crippen LogP contribution in [0.15, 0.2) is 54.0 Å². The van der Waals surface area contributed by atoms with Gasteiger partial charge in [-0.1, -0.05) is 18.9 Å². The van der Waals surface area contributed by atoms with E-state index < -0.39 is 0 Å². The Labute approximate surface area is 162 Å². The van der Waals surface area contributed by atoms with Crippen LogP contribution in [0.5, 0.6) is 5.75 Å². The minimum absolute atomic E-state index is 0.0419. The molecule has 0 radical (unpaired) electrons. The second kappa shape index (κ2) is 8.31. The number of amides is 1. The van der Waals surface area contributed by atoms with Gasteiger partial charge in [-0.3, -0.25) is 4.79 Å². The van der Waals surface area contributed by atoms with Crippen LogP contribution in [0, 0.1) is 0 Å². The molecule has 0 atom stereocenters. The number of carbonyl (C=O) groups excluding carboxylic acids is 1. The molecule has 0 saturated heterocycles. The van der Waals surface area contributed by atoms with Crippen LogP contribution >= 0.6 is 11.3 Å². The molecule has 2 aromatic heterocycles. The molecule has 1 aromatic carbocycles. The maximum atomic E-state index is 12.0. The smallest absolute Gasteiger partial charge is 0.258 e. The van der Waals surface area contributed by atoms with E-state index in [1.54, 1.807) is 17.5 Å². The average molecular weight is 379 g/mol. The summed E-state index contributed by atoms with van der Waals surface area (Å²) < 4.78 is 5.60. The number of ether oxygens (including phenoxy) is 1. The van der Waals surface area contributed by atoms with Crippen molar-refractivity contribution in [3.05, 3.63) is 54.0 Å². The van der Waals surface area contributed by atoms with E-state index in [9.17, 15) is 4.79 Å². The third-order valence-corrected chi connectivity index (χ3v) is 5.52. The molecule has 1 amide bonds. The lowest BCUT2D eigenvalue weighted by molar-refractivity contribution is -0.123. The highest BCUT2D eigenvalue weighted by Crippen LogP contribution is 2.25. The van der Waals surface area contributed by atoms with E-state index in [2.05, 4.69) is 15.3 Å². The second-order valence-electron chi connectivity index (χ2n) is 6.60. The molecule has 5 nitrogen and oxygen atoms in total. The Balaban J connectivity index is 1.37. The Morgan fingerprint density at radius 3 is 2.70 bits per heavy atom. The second-order valence-corrected chi connectivity index (χ2v) is 7.55. The van der Waals surface area contributed by atoms with Gasteiger partial charge in [0.05, 0.1) is 10.6 Å². The van der Waals surface area contributed by atoms with Crippen molar-refractivity contribution >= 4 is 17.2 Å². The van der Waals surface area contributed by atoms with Crippen LogP contribution in [0.4, 0.5) is 0 Å².